The molecule has 1 heterocycles. The number of ether oxygens (including phenoxy) is 1. The first-order chi connectivity index (χ1) is 9.00. The van der Waals surface area contributed by atoms with Crippen LogP contribution >= 0.6 is 12.4 Å². The Kier molecular flexibility index (Phi) is 5.67. The van der Waals surface area contributed by atoms with E-state index in [1.165, 1.54) is 0 Å². The summed E-state index contributed by atoms with van der Waals surface area (Å²) in [6.45, 7) is 1.10. The summed E-state index contributed by atoms with van der Waals surface area (Å²) in [6.07, 6.45) is 1.37. The molecule has 1 aliphatic rings. The van der Waals surface area contributed by atoms with E-state index in [-0.39, 0.29) is 23.9 Å². The minimum atomic E-state index is -0.821. The average Bonchev–Trinajstić information content (AvgIpc) is 2.41. The Hall–Kier alpha value is -1.44. The molecule has 1 aromatic carbocycles. The third kappa shape index (κ3) is 3.36. The molecule has 1 aliphatic heterocycles. The van der Waals surface area contributed by atoms with Crippen molar-refractivity contribution < 1.29 is 19.2 Å². The van der Waals surface area contributed by atoms with Crippen LogP contribution in [0, 0.1) is 21.8 Å². The largest absolute Gasteiger partial charge is 0.502 e. The number of nitrogens with zero attached hydrogens (tertiary/aromatic N) is 1. The minimum absolute atomic E-state index is 0. The Bertz CT molecular complexity index is 495. The maximum absolute atomic E-state index is 13.4. The van der Waals surface area contributed by atoms with Gasteiger partial charge in [0.25, 0.3) is 0 Å². The molecule has 112 valence electrons. The summed E-state index contributed by atoms with van der Waals surface area (Å²) in [7, 11) is 0. The number of rotatable bonds is 3. The molecule has 0 aliphatic carbocycles. The highest BCUT2D eigenvalue weighted by Gasteiger charge is 2.28. The van der Waals surface area contributed by atoms with Crippen LogP contribution in [0.4, 0.5) is 10.1 Å². The van der Waals surface area contributed by atoms with E-state index in [1.54, 1.807) is 0 Å². The molecule has 0 unspecified atom stereocenters. The first-order valence-corrected chi connectivity index (χ1v) is 6.01. The standard InChI is InChI=1S/C12H15FN2O4.ClH/c13-8-5-9(12(16)10(6-8)15(17)18)11(14)7-1-3-19-4-2-7;/h5-7,11,16H,1-4,14H2;1H/t11-;/m1./s1. The highest BCUT2D eigenvalue weighted by atomic mass is 35.5. The number of halogens is 2. The molecule has 0 amide bonds. The number of phenolic OH excluding ortho intramolecular Hbond substituents is 1. The summed E-state index contributed by atoms with van der Waals surface area (Å²) in [6, 6.07) is 1.11. The van der Waals surface area contributed by atoms with E-state index in [2.05, 4.69) is 0 Å². The van der Waals surface area contributed by atoms with Gasteiger partial charge in [0.1, 0.15) is 5.82 Å². The lowest BCUT2D eigenvalue weighted by atomic mass is 9.87. The van der Waals surface area contributed by atoms with Crippen molar-refractivity contribution in [3.05, 3.63) is 33.6 Å². The third-order valence-corrected chi connectivity index (χ3v) is 3.41. The van der Waals surface area contributed by atoms with Gasteiger partial charge in [0.05, 0.1) is 11.0 Å². The lowest BCUT2D eigenvalue weighted by Crippen LogP contribution is -2.27. The molecule has 0 bridgehead atoms. The van der Waals surface area contributed by atoms with Gasteiger partial charge in [-0.25, -0.2) is 4.39 Å². The molecule has 1 aromatic rings. The monoisotopic (exact) mass is 306 g/mol. The van der Waals surface area contributed by atoms with Crippen molar-refractivity contribution in [2.45, 2.75) is 18.9 Å². The number of nitrogens with two attached hydrogens (primary N) is 1. The van der Waals surface area contributed by atoms with Crippen molar-refractivity contribution in [3.63, 3.8) is 0 Å². The van der Waals surface area contributed by atoms with Gasteiger partial charge in [0, 0.05) is 24.8 Å². The molecule has 0 spiro atoms. The Labute approximate surface area is 121 Å². The summed E-state index contributed by atoms with van der Waals surface area (Å²) >= 11 is 0. The molecule has 3 N–H and O–H groups in total. The van der Waals surface area contributed by atoms with Gasteiger partial charge in [-0.1, -0.05) is 0 Å². The Morgan fingerprint density at radius 3 is 2.60 bits per heavy atom. The van der Waals surface area contributed by atoms with Gasteiger partial charge >= 0.3 is 5.69 Å². The SMILES string of the molecule is Cl.N[C@@H](c1cc(F)cc([N+](=O)[O-])c1O)C1CCOCC1. The van der Waals surface area contributed by atoms with Crippen molar-refractivity contribution >= 4 is 18.1 Å². The van der Waals surface area contributed by atoms with Gasteiger partial charge in [0.2, 0.25) is 0 Å². The lowest BCUT2D eigenvalue weighted by molar-refractivity contribution is -0.386. The van der Waals surface area contributed by atoms with E-state index in [9.17, 15) is 19.6 Å². The molecule has 1 atom stereocenters. The van der Waals surface area contributed by atoms with Gasteiger partial charge in [-0.2, -0.15) is 0 Å². The molecule has 20 heavy (non-hydrogen) atoms. The van der Waals surface area contributed by atoms with Crippen LogP contribution in [0.2, 0.25) is 0 Å². The fourth-order valence-corrected chi connectivity index (χ4v) is 2.33. The average molecular weight is 307 g/mol. The minimum Gasteiger partial charge on any atom is -0.502 e. The lowest BCUT2D eigenvalue weighted by Gasteiger charge is -2.28. The van der Waals surface area contributed by atoms with Crippen molar-refractivity contribution in [2.75, 3.05) is 13.2 Å². The highest BCUT2D eigenvalue weighted by molar-refractivity contribution is 5.85. The van der Waals surface area contributed by atoms with Crippen LogP contribution in [0.1, 0.15) is 24.4 Å². The predicted molar refractivity (Wildman–Crippen MR) is 72.4 cm³/mol. The number of benzene rings is 1. The van der Waals surface area contributed by atoms with E-state index < -0.39 is 28.2 Å². The van der Waals surface area contributed by atoms with E-state index in [0.717, 1.165) is 6.07 Å². The van der Waals surface area contributed by atoms with Crippen molar-refractivity contribution in [3.8, 4) is 5.75 Å². The molecule has 0 radical (unpaired) electrons. The van der Waals surface area contributed by atoms with E-state index in [0.29, 0.717) is 32.1 Å². The summed E-state index contributed by atoms with van der Waals surface area (Å²) in [5.74, 6) is -1.31. The molecular weight excluding hydrogens is 291 g/mol. The summed E-state index contributed by atoms with van der Waals surface area (Å²) in [4.78, 5) is 9.92. The second kappa shape index (κ2) is 6.83. The molecule has 8 heteroatoms. The first kappa shape index (κ1) is 16.6. The number of phenols is 1. The number of aromatic hydroxyl groups is 1. The van der Waals surface area contributed by atoms with Gasteiger partial charge in [0.15, 0.2) is 5.75 Å². The van der Waals surface area contributed by atoms with Gasteiger partial charge in [-0.15, -0.1) is 12.4 Å². The van der Waals surface area contributed by atoms with Crippen LogP contribution < -0.4 is 5.73 Å². The fraction of sp³-hybridized carbons (Fsp3) is 0.500. The van der Waals surface area contributed by atoms with E-state index >= 15 is 0 Å². The zero-order valence-electron chi connectivity index (χ0n) is 10.6. The van der Waals surface area contributed by atoms with Gasteiger partial charge in [-0.3, -0.25) is 10.1 Å². The molecule has 1 saturated heterocycles. The maximum Gasteiger partial charge on any atom is 0.313 e. The van der Waals surface area contributed by atoms with Crippen LogP contribution in [-0.2, 0) is 4.74 Å². The summed E-state index contributed by atoms with van der Waals surface area (Å²) < 4.78 is 18.6. The van der Waals surface area contributed by atoms with E-state index in [4.69, 9.17) is 10.5 Å². The Morgan fingerprint density at radius 2 is 2.05 bits per heavy atom. The third-order valence-electron chi connectivity index (χ3n) is 3.41. The fourth-order valence-electron chi connectivity index (χ4n) is 2.33. The van der Waals surface area contributed by atoms with Crippen LogP contribution in [0.5, 0.6) is 5.75 Å². The smallest absolute Gasteiger partial charge is 0.313 e. The number of hydrogen-bond donors (Lipinski definition) is 2. The summed E-state index contributed by atoms with van der Waals surface area (Å²) in [5.41, 5.74) is 5.43. The van der Waals surface area contributed by atoms with E-state index in [1.807, 2.05) is 0 Å². The number of nitro groups is 1. The molecule has 0 saturated carbocycles. The Morgan fingerprint density at radius 1 is 1.45 bits per heavy atom. The zero-order chi connectivity index (χ0) is 14.0. The molecule has 2 rings (SSSR count). The van der Waals surface area contributed by atoms with Crippen LogP contribution in [0.25, 0.3) is 0 Å². The first-order valence-electron chi connectivity index (χ1n) is 6.01. The van der Waals surface area contributed by atoms with Crippen molar-refractivity contribution in [1.82, 2.24) is 0 Å². The normalized spacial score (nSPS) is 17.3. The highest BCUT2D eigenvalue weighted by Crippen LogP contribution is 2.38. The predicted octanol–water partition coefficient (Wildman–Crippen LogP) is 2.29. The molecular formula is C12H16ClFN2O4. The Balaban J connectivity index is 0.00000200. The quantitative estimate of drug-likeness (QED) is 0.659. The molecule has 1 fully saturated rings. The molecule has 0 aromatic heterocycles. The second-order valence-electron chi connectivity index (χ2n) is 4.60. The van der Waals surface area contributed by atoms with Crippen LogP contribution in [0.3, 0.4) is 0 Å². The topological polar surface area (TPSA) is 98.6 Å². The zero-order valence-corrected chi connectivity index (χ0v) is 11.4. The molecule has 6 nitrogen and oxygen atoms in total. The second-order valence-corrected chi connectivity index (χ2v) is 4.60. The maximum atomic E-state index is 13.4. The summed E-state index contributed by atoms with van der Waals surface area (Å²) in [5, 5.41) is 20.6. The van der Waals surface area contributed by atoms with Crippen LogP contribution in [0.15, 0.2) is 12.1 Å². The van der Waals surface area contributed by atoms with Crippen molar-refractivity contribution in [1.29, 1.82) is 0 Å². The van der Waals surface area contributed by atoms with Crippen LogP contribution in [-0.4, -0.2) is 23.2 Å². The van der Waals surface area contributed by atoms with Crippen molar-refractivity contribution in [2.24, 2.45) is 11.7 Å². The number of hydrogen-bond acceptors (Lipinski definition) is 5. The van der Waals surface area contributed by atoms with Gasteiger partial charge < -0.3 is 15.6 Å². The van der Waals surface area contributed by atoms with Gasteiger partial charge in [-0.05, 0) is 24.8 Å². The number of nitro benzene ring substituents is 1.